The first-order valence-electron chi connectivity index (χ1n) is 8.22. The van der Waals surface area contributed by atoms with Gasteiger partial charge in [0.1, 0.15) is 5.82 Å². The van der Waals surface area contributed by atoms with Crippen molar-refractivity contribution in [1.29, 1.82) is 0 Å². The summed E-state index contributed by atoms with van der Waals surface area (Å²) in [6.07, 6.45) is 6.57. The third-order valence-corrected chi connectivity index (χ3v) is 4.97. The number of rotatable bonds is 8. The SMILES string of the molecule is CCn1c(CCC(N)=O)nnc1SCC(=O)NC1CCCCC1. The zero-order valence-electron chi connectivity index (χ0n) is 13.6. The fourth-order valence-corrected chi connectivity index (χ4v) is 3.64. The summed E-state index contributed by atoms with van der Waals surface area (Å²) in [6.45, 7) is 2.69. The van der Waals surface area contributed by atoms with Crippen LogP contribution in [0.1, 0.15) is 51.3 Å². The first-order chi connectivity index (χ1) is 11.1. The fraction of sp³-hybridized carbons (Fsp3) is 0.733. The Bertz CT molecular complexity index is 540. The monoisotopic (exact) mass is 339 g/mol. The van der Waals surface area contributed by atoms with Gasteiger partial charge in [0.15, 0.2) is 5.16 Å². The van der Waals surface area contributed by atoms with Crippen LogP contribution in [0.2, 0.25) is 0 Å². The second-order valence-electron chi connectivity index (χ2n) is 5.80. The Labute approximate surface area is 140 Å². The van der Waals surface area contributed by atoms with Gasteiger partial charge in [-0.25, -0.2) is 0 Å². The molecule has 0 atom stereocenters. The Morgan fingerprint density at radius 2 is 2.04 bits per heavy atom. The Balaban J connectivity index is 1.84. The summed E-state index contributed by atoms with van der Waals surface area (Å²) in [5.74, 6) is 0.772. The normalized spacial score (nSPS) is 15.5. The molecule has 0 spiro atoms. The second kappa shape index (κ2) is 8.90. The third kappa shape index (κ3) is 5.53. The maximum absolute atomic E-state index is 12.1. The lowest BCUT2D eigenvalue weighted by molar-refractivity contribution is -0.119. The first kappa shape index (κ1) is 17.8. The van der Waals surface area contributed by atoms with E-state index < -0.39 is 0 Å². The molecule has 2 amide bonds. The third-order valence-electron chi connectivity index (χ3n) is 4.01. The molecule has 7 nitrogen and oxygen atoms in total. The molecule has 1 aromatic heterocycles. The minimum absolute atomic E-state index is 0.0474. The lowest BCUT2D eigenvalue weighted by Gasteiger charge is -2.22. The molecular weight excluding hydrogens is 314 g/mol. The molecule has 1 heterocycles. The Morgan fingerprint density at radius 1 is 1.30 bits per heavy atom. The van der Waals surface area contributed by atoms with Crippen LogP contribution in [0, 0.1) is 0 Å². The van der Waals surface area contributed by atoms with Crippen LogP contribution in [0.25, 0.3) is 0 Å². The maximum Gasteiger partial charge on any atom is 0.230 e. The molecule has 0 bridgehead atoms. The van der Waals surface area contributed by atoms with Gasteiger partial charge in [0.05, 0.1) is 5.75 Å². The van der Waals surface area contributed by atoms with Crippen LogP contribution in [0.3, 0.4) is 0 Å². The molecule has 1 aliphatic carbocycles. The molecular formula is C15H25N5O2S. The molecule has 1 fully saturated rings. The molecule has 3 N–H and O–H groups in total. The van der Waals surface area contributed by atoms with Crippen molar-refractivity contribution >= 4 is 23.6 Å². The van der Waals surface area contributed by atoms with Crippen molar-refractivity contribution < 1.29 is 9.59 Å². The summed E-state index contributed by atoms with van der Waals surface area (Å²) in [4.78, 5) is 22.9. The number of hydrogen-bond donors (Lipinski definition) is 2. The molecule has 1 saturated carbocycles. The number of carbonyl (C=O) groups is 2. The van der Waals surface area contributed by atoms with Crippen molar-refractivity contribution in [2.24, 2.45) is 5.73 Å². The van der Waals surface area contributed by atoms with E-state index in [1.807, 2.05) is 11.5 Å². The highest BCUT2D eigenvalue weighted by Gasteiger charge is 2.17. The first-order valence-corrected chi connectivity index (χ1v) is 9.21. The average Bonchev–Trinajstić information content (AvgIpc) is 2.94. The molecule has 23 heavy (non-hydrogen) atoms. The predicted octanol–water partition coefficient (Wildman–Crippen LogP) is 1.26. The number of nitrogens with one attached hydrogen (secondary N) is 1. The van der Waals surface area contributed by atoms with E-state index in [9.17, 15) is 9.59 Å². The van der Waals surface area contributed by atoms with Gasteiger partial charge in [0.25, 0.3) is 0 Å². The van der Waals surface area contributed by atoms with E-state index in [-0.39, 0.29) is 18.2 Å². The summed E-state index contributed by atoms with van der Waals surface area (Å²) < 4.78 is 1.93. The van der Waals surface area contributed by atoms with Crippen LogP contribution < -0.4 is 11.1 Å². The van der Waals surface area contributed by atoms with E-state index in [0.717, 1.165) is 18.7 Å². The number of thioether (sulfide) groups is 1. The zero-order valence-corrected chi connectivity index (χ0v) is 14.4. The van der Waals surface area contributed by atoms with Crippen molar-refractivity contribution in [2.45, 2.75) is 69.6 Å². The van der Waals surface area contributed by atoms with E-state index in [0.29, 0.717) is 29.9 Å². The van der Waals surface area contributed by atoms with Crippen LogP contribution in [0.15, 0.2) is 5.16 Å². The minimum atomic E-state index is -0.350. The van der Waals surface area contributed by atoms with Crippen molar-refractivity contribution in [2.75, 3.05) is 5.75 Å². The van der Waals surface area contributed by atoms with E-state index >= 15 is 0 Å². The quantitative estimate of drug-likeness (QED) is 0.694. The summed E-state index contributed by atoms with van der Waals surface area (Å²) >= 11 is 1.38. The topological polar surface area (TPSA) is 103 Å². The molecule has 0 aliphatic heterocycles. The number of aromatic nitrogens is 3. The second-order valence-corrected chi connectivity index (χ2v) is 6.74. The maximum atomic E-state index is 12.1. The highest BCUT2D eigenvalue weighted by atomic mass is 32.2. The summed E-state index contributed by atoms with van der Waals surface area (Å²) in [6, 6.07) is 0.326. The number of primary amides is 1. The summed E-state index contributed by atoms with van der Waals surface area (Å²) in [7, 11) is 0. The van der Waals surface area contributed by atoms with Gasteiger partial charge >= 0.3 is 0 Å². The van der Waals surface area contributed by atoms with Gasteiger partial charge in [-0.1, -0.05) is 31.0 Å². The van der Waals surface area contributed by atoms with Gasteiger partial charge in [-0.2, -0.15) is 0 Å². The van der Waals surface area contributed by atoms with Crippen LogP contribution in [0.5, 0.6) is 0 Å². The van der Waals surface area contributed by atoms with E-state index in [2.05, 4.69) is 15.5 Å². The molecule has 0 radical (unpaired) electrons. The smallest absolute Gasteiger partial charge is 0.230 e. The van der Waals surface area contributed by atoms with E-state index in [4.69, 9.17) is 5.73 Å². The molecule has 0 aromatic carbocycles. The Kier molecular flexibility index (Phi) is 6.88. The standard InChI is InChI=1S/C15H25N5O2S/c1-2-20-13(9-8-12(16)21)18-19-15(20)23-10-14(22)17-11-6-4-3-5-7-11/h11H,2-10H2,1H3,(H2,16,21)(H,17,22). The van der Waals surface area contributed by atoms with Crippen LogP contribution in [-0.2, 0) is 22.6 Å². The van der Waals surface area contributed by atoms with Gasteiger partial charge in [-0.15, -0.1) is 10.2 Å². The number of hydrogen-bond acceptors (Lipinski definition) is 5. The van der Waals surface area contributed by atoms with Crippen LogP contribution >= 0.6 is 11.8 Å². The van der Waals surface area contributed by atoms with Crippen LogP contribution in [-0.4, -0.2) is 38.4 Å². The Morgan fingerprint density at radius 3 is 2.70 bits per heavy atom. The number of carbonyl (C=O) groups excluding carboxylic acids is 2. The zero-order chi connectivity index (χ0) is 16.7. The summed E-state index contributed by atoms with van der Waals surface area (Å²) in [5.41, 5.74) is 5.17. The minimum Gasteiger partial charge on any atom is -0.370 e. The van der Waals surface area contributed by atoms with Gasteiger partial charge in [-0.05, 0) is 19.8 Å². The van der Waals surface area contributed by atoms with Crippen molar-refractivity contribution in [1.82, 2.24) is 20.1 Å². The van der Waals surface area contributed by atoms with Gasteiger partial charge < -0.3 is 15.6 Å². The number of nitrogens with two attached hydrogens (primary N) is 1. The highest BCUT2D eigenvalue weighted by Crippen LogP contribution is 2.20. The Hall–Kier alpha value is -1.57. The van der Waals surface area contributed by atoms with Crippen molar-refractivity contribution in [3.05, 3.63) is 5.82 Å². The summed E-state index contributed by atoms with van der Waals surface area (Å²) in [5, 5.41) is 12.0. The fourth-order valence-electron chi connectivity index (χ4n) is 2.81. The molecule has 8 heteroatoms. The lowest BCUT2D eigenvalue weighted by atomic mass is 9.95. The van der Waals surface area contributed by atoms with E-state index in [1.165, 1.54) is 31.0 Å². The van der Waals surface area contributed by atoms with Crippen LogP contribution in [0.4, 0.5) is 0 Å². The largest absolute Gasteiger partial charge is 0.370 e. The molecule has 0 unspecified atom stereocenters. The van der Waals surface area contributed by atoms with Gasteiger partial charge in [0, 0.05) is 25.4 Å². The van der Waals surface area contributed by atoms with Gasteiger partial charge in [0.2, 0.25) is 11.8 Å². The number of amides is 2. The molecule has 128 valence electrons. The molecule has 1 aromatic rings. The lowest BCUT2D eigenvalue weighted by Crippen LogP contribution is -2.37. The number of aryl methyl sites for hydroxylation is 1. The highest BCUT2D eigenvalue weighted by molar-refractivity contribution is 7.99. The van der Waals surface area contributed by atoms with Crippen molar-refractivity contribution in [3.8, 4) is 0 Å². The van der Waals surface area contributed by atoms with Gasteiger partial charge in [-0.3, -0.25) is 9.59 Å². The molecule has 2 rings (SSSR count). The van der Waals surface area contributed by atoms with E-state index in [1.54, 1.807) is 0 Å². The molecule has 0 saturated heterocycles. The van der Waals surface area contributed by atoms with Crippen molar-refractivity contribution in [3.63, 3.8) is 0 Å². The molecule has 1 aliphatic rings. The predicted molar refractivity (Wildman–Crippen MR) is 89.0 cm³/mol. The average molecular weight is 339 g/mol. The number of nitrogens with zero attached hydrogens (tertiary/aromatic N) is 3.